The number of para-hydroxylation sites is 1. The van der Waals surface area contributed by atoms with Gasteiger partial charge in [0.05, 0.1) is 24.9 Å². The molecule has 1 aliphatic rings. The van der Waals surface area contributed by atoms with Gasteiger partial charge in [0.15, 0.2) is 5.11 Å². The third kappa shape index (κ3) is 4.93. The molecule has 0 amide bonds. The van der Waals surface area contributed by atoms with Crippen molar-refractivity contribution in [1.82, 2.24) is 14.9 Å². The van der Waals surface area contributed by atoms with Gasteiger partial charge in [-0.05, 0) is 111 Å². The molecule has 5 aromatic rings. The number of anilines is 1. The van der Waals surface area contributed by atoms with Crippen LogP contribution in [0.25, 0.3) is 5.69 Å². The van der Waals surface area contributed by atoms with E-state index in [2.05, 4.69) is 78.0 Å². The summed E-state index contributed by atoms with van der Waals surface area (Å²) in [6.45, 7) is 6.59. The number of hydrogen-bond acceptors (Lipinski definition) is 4. The molecule has 2 unspecified atom stereocenters. The minimum absolute atomic E-state index is 0.102. The Bertz CT molecular complexity index is 1670. The molecule has 6 rings (SSSR count). The summed E-state index contributed by atoms with van der Waals surface area (Å²) in [4.78, 5) is 6.95. The van der Waals surface area contributed by atoms with Gasteiger partial charge in [-0.25, -0.2) is 0 Å². The molecule has 206 valence electrons. The zero-order chi connectivity index (χ0) is 28.5. The van der Waals surface area contributed by atoms with Crippen LogP contribution in [0.2, 0.25) is 0 Å². The highest BCUT2D eigenvalue weighted by atomic mass is 32.1. The number of hydrogen-bond donors (Lipinski definition) is 1. The average molecular weight is 561 g/mol. The van der Waals surface area contributed by atoms with Crippen LogP contribution >= 0.6 is 12.2 Å². The Morgan fingerprint density at radius 3 is 2.00 bits per heavy atom. The van der Waals surface area contributed by atoms with E-state index in [1.54, 1.807) is 7.11 Å². The fourth-order valence-corrected chi connectivity index (χ4v) is 6.13. The van der Waals surface area contributed by atoms with Gasteiger partial charge in [0.25, 0.3) is 0 Å². The Morgan fingerprint density at radius 2 is 1.37 bits per heavy atom. The summed E-state index contributed by atoms with van der Waals surface area (Å²) in [5, 5.41) is 4.26. The lowest BCUT2D eigenvalue weighted by Gasteiger charge is -2.29. The van der Waals surface area contributed by atoms with E-state index in [-0.39, 0.29) is 12.1 Å². The number of rotatable bonds is 7. The van der Waals surface area contributed by atoms with Gasteiger partial charge in [-0.15, -0.1) is 0 Å². The van der Waals surface area contributed by atoms with Crippen molar-refractivity contribution < 1.29 is 9.47 Å². The molecule has 1 aliphatic heterocycles. The number of ether oxygens (including phenoxy) is 2. The lowest BCUT2D eigenvalue weighted by Crippen LogP contribution is -2.29. The summed E-state index contributed by atoms with van der Waals surface area (Å²) in [6.07, 6.45) is 1.84. The van der Waals surface area contributed by atoms with Gasteiger partial charge in [-0.3, -0.25) is 4.98 Å². The number of thiocarbonyl (C=S) groups is 1. The second-order valence-electron chi connectivity index (χ2n) is 10.1. The molecule has 1 N–H and O–H groups in total. The largest absolute Gasteiger partial charge is 0.497 e. The standard InChI is InChI=1S/C34H32N4O2S/c1-22-23(2)37(25-10-6-5-7-11-25)24(3)31(22)33-32(30-12-8-9-21-35-30)36-34(41)38(33)26-13-15-28(16-14-26)40-29-19-17-27(39-4)18-20-29/h5-21,32-33H,1-4H3,(H,36,41). The molecule has 1 fully saturated rings. The molecule has 0 saturated carbocycles. The fourth-order valence-electron chi connectivity index (χ4n) is 5.79. The molecule has 0 bridgehead atoms. The average Bonchev–Trinajstić information content (AvgIpc) is 3.46. The molecule has 3 heterocycles. The monoisotopic (exact) mass is 560 g/mol. The summed E-state index contributed by atoms with van der Waals surface area (Å²) < 4.78 is 13.7. The number of nitrogens with zero attached hydrogens (tertiary/aromatic N) is 3. The fraction of sp³-hybridized carbons (Fsp3) is 0.176. The van der Waals surface area contributed by atoms with Gasteiger partial charge in [0, 0.05) is 34.5 Å². The molecule has 6 nitrogen and oxygen atoms in total. The van der Waals surface area contributed by atoms with Gasteiger partial charge < -0.3 is 24.3 Å². The molecule has 0 spiro atoms. The minimum Gasteiger partial charge on any atom is -0.497 e. The van der Waals surface area contributed by atoms with E-state index in [4.69, 9.17) is 26.7 Å². The number of nitrogens with one attached hydrogen (secondary N) is 1. The predicted octanol–water partition coefficient (Wildman–Crippen LogP) is 7.78. The normalized spacial score (nSPS) is 16.5. The smallest absolute Gasteiger partial charge is 0.174 e. The van der Waals surface area contributed by atoms with E-state index in [1.807, 2.05) is 60.8 Å². The van der Waals surface area contributed by atoms with Gasteiger partial charge in [-0.2, -0.15) is 0 Å². The first-order chi connectivity index (χ1) is 20.0. The third-order valence-electron chi connectivity index (χ3n) is 7.83. The van der Waals surface area contributed by atoms with Crippen LogP contribution in [0.15, 0.2) is 103 Å². The van der Waals surface area contributed by atoms with E-state index in [1.165, 1.54) is 22.5 Å². The second kappa shape index (κ2) is 11.1. The van der Waals surface area contributed by atoms with E-state index >= 15 is 0 Å². The van der Waals surface area contributed by atoms with E-state index < -0.39 is 0 Å². The summed E-state index contributed by atoms with van der Waals surface area (Å²) in [5.41, 5.74) is 7.97. The number of methoxy groups -OCH3 is 1. The van der Waals surface area contributed by atoms with Crippen molar-refractivity contribution in [2.24, 2.45) is 0 Å². The first-order valence-electron chi connectivity index (χ1n) is 13.6. The summed E-state index contributed by atoms with van der Waals surface area (Å²) >= 11 is 5.99. The van der Waals surface area contributed by atoms with Gasteiger partial charge in [0.2, 0.25) is 0 Å². The Balaban J connectivity index is 1.41. The molecule has 2 aromatic heterocycles. The van der Waals surface area contributed by atoms with Crippen molar-refractivity contribution in [3.8, 4) is 22.9 Å². The van der Waals surface area contributed by atoms with Crippen LogP contribution in [0.4, 0.5) is 5.69 Å². The van der Waals surface area contributed by atoms with E-state index in [0.717, 1.165) is 34.3 Å². The topological polar surface area (TPSA) is 51.6 Å². The van der Waals surface area contributed by atoms with Crippen molar-refractivity contribution in [3.63, 3.8) is 0 Å². The zero-order valence-corrected chi connectivity index (χ0v) is 24.4. The first-order valence-corrected chi connectivity index (χ1v) is 14.0. The molecular formula is C34H32N4O2S. The second-order valence-corrected chi connectivity index (χ2v) is 10.5. The highest BCUT2D eigenvalue weighted by Crippen LogP contribution is 2.45. The van der Waals surface area contributed by atoms with Crippen LogP contribution in [0.1, 0.15) is 40.3 Å². The van der Waals surface area contributed by atoms with Crippen LogP contribution in [0, 0.1) is 20.8 Å². The van der Waals surface area contributed by atoms with Crippen LogP contribution in [-0.4, -0.2) is 21.8 Å². The Kier molecular flexibility index (Phi) is 7.20. The molecule has 2 atom stereocenters. The summed E-state index contributed by atoms with van der Waals surface area (Å²) in [7, 11) is 1.65. The number of aromatic nitrogens is 2. The maximum Gasteiger partial charge on any atom is 0.174 e. The molecule has 0 radical (unpaired) electrons. The van der Waals surface area contributed by atoms with Crippen LogP contribution in [0.5, 0.6) is 17.2 Å². The molecule has 1 saturated heterocycles. The molecular weight excluding hydrogens is 528 g/mol. The number of pyridine rings is 1. The molecule has 41 heavy (non-hydrogen) atoms. The van der Waals surface area contributed by atoms with Crippen LogP contribution in [0.3, 0.4) is 0 Å². The SMILES string of the molecule is COc1ccc(Oc2ccc(N3C(=S)NC(c4ccccn4)C3c3c(C)c(C)n(-c4ccccc4)c3C)cc2)cc1. The molecule has 7 heteroatoms. The van der Waals surface area contributed by atoms with Crippen molar-refractivity contribution >= 4 is 23.0 Å². The highest BCUT2D eigenvalue weighted by molar-refractivity contribution is 7.80. The van der Waals surface area contributed by atoms with E-state index in [0.29, 0.717) is 5.11 Å². The Hall–Kier alpha value is -4.62. The van der Waals surface area contributed by atoms with Crippen molar-refractivity contribution in [3.05, 3.63) is 131 Å². The maximum absolute atomic E-state index is 6.09. The molecule has 0 aliphatic carbocycles. The number of benzene rings is 3. The predicted molar refractivity (Wildman–Crippen MR) is 167 cm³/mol. The minimum atomic E-state index is -0.123. The lowest BCUT2D eigenvalue weighted by atomic mass is 9.93. The van der Waals surface area contributed by atoms with Crippen LogP contribution < -0.4 is 19.7 Å². The first kappa shape index (κ1) is 26.6. The van der Waals surface area contributed by atoms with Crippen molar-refractivity contribution in [1.29, 1.82) is 0 Å². The summed E-state index contributed by atoms with van der Waals surface area (Å²) in [5.74, 6) is 2.28. The summed E-state index contributed by atoms with van der Waals surface area (Å²) in [6, 6.07) is 31.9. The van der Waals surface area contributed by atoms with Crippen molar-refractivity contribution in [2.75, 3.05) is 12.0 Å². The maximum atomic E-state index is 6.09. The van der Waals surface area contributed by atoms with Gasteiger partial charge in [-0.1, -0.05) is 24.3 Å². The van der Waals surface area contributed by atoms with Crippen LogP contribution in [-0.2, 0) is 0 Å². The quantitative estimate of drug-likeness (QED) is 0.205. The Morgan fingerprint density at radius 1 is 0.732 bits per heavy atom. The molecule has 3 aromatic carbocycles. The highest BCUT2D eigenvalue weighted by Gasteiger charge is 2.43. The van der Waals surface area contributed by atoms with E-state index in [9.17, 15) is 0 Å². The Labute approximate surface area is 246 Å². The van der Waals surface area contributed by atoms with Gasteiger partial charge >= 0.3 is 0 Å². The van der Waals surface area contributed by atoms with Crippen molar-refractivity contribution in [2.45, 2.75) is 32.9 Å². The van der Waals surface area contributed by atoms with Gasteiger partial charge in [0.1, 0.15) is 17.2 Å². The zero-order valence-electron chi connectivity index (χ0n) is 23.5. The third-order valence-corrected chi connectivity index (χ3v) is 8.14. The lowest BCUT2D eigenvalue weighted by molar-refractivity contribution is 0.413.